The molecule has 0 aliphatic rings. The molecule has 0 aromatic carbocycles. The van der Waals surface area contributed by atoms with Crippen molar-refractivity contribution in [3.8, 4) is 5.88 Å². The molecule has 1 heterocycles. The van der Waals surface area contributed by atoms with Crippen LogP contribution in [0.3, 0.4) is 0 Å². The predicted molar refractivity (Wildman–Crippen MR) is 71.1 cm³/mol. The fourth-order valence-corrected chi connectivity index (χ4v) is 1.64. The SMILES string of the molecule is CCCOc1cc(C)nc(N(C)CC(C)Cl)n1. The molecular weight excluding hydrogens is 238 g/mol. The lowest BCUT2D eigenvalue weighted by Gasteiger charge is -2.19. The number of ether oxygens (including phenoxy) is 1. The second-order valence-corrected chi connectivity index (χ2v) is 4.90. The third-order valence-electron chi connectivity index (χ3n) is 2.14. The zero-order chi connectivity index (χ0) is 12.8. The fraction of sp³-hybridized carbons (Fsp3) is 0.667. The zero-order valence-electron chi connectivity index (χ0n) is 10.9. The second kappa shape index (κ2) is 6.64. The van der Waals surface area contributed by atoms with Crippen LogP contribution in [-0.2, 0) is 0 Å². The lowest BCUT2D eigenvalue weighted by Crippen LogP contribution is -2.26. The summed E-state index contributed by atoms with van der Waals surface area (Å²) in [6, 6.07) is 1.84. The normalized spacial score (nSPS) is 12.3. The van der Waals surface area contributed by atoms with Crippen LogP contribution in [0.1, 0.15) is 26.0 Å². The van der Waals surface area contributed by atoms with Crippen LogP contribution < -0.4 is 9.64 Å². The molecular formula is C12H20ClN3O. The van der Waals surface area contributed by atoms with Crippen molar-refractivity contribution < 1.29 is 4.74 Å². The molecule has 4 nitrogen and oxygen atoms in total. The highest BCUT2D eigenvalue weighted by Crippen LogP contribution is 2.15. The van der Waals surface area contributed by atoms with Gasteiger partial charge in [-0.2, -0.15) is 4.98 Å². The molecule has 0 bridgehead atoms. The molecule has 0 aliphatic carbocycles. The van der Waals surface area contributed by atoms with E-state index in [1.54, 1.807) is 0 Å². The Labute approximate surface area is 108 Å². The Bertz CT molecular complexity index is 358. The summed E-state index contributed by atoms with van der Waals surface area (Å²) in [6.45, 7) is 7.32. The van der Waals surface area contributed by atoms with E-state index in [0.29, 0.717) is 25.0 Å². The average molecular weight is 258 g/mol. The summed E-state index contributed by atoms with van der Waals surface area (Å²) < 4.78 is 5.52. The highest BCUT2D eigenvalue weighted by Gasteiger charge is 2.10. The van der Waals surface area contributed by atoms with Gasteiger partial charge < -0.3 is 9.64 Å². The summed E-state index contributed by atoms with van der Waals surface area (Å²) in [5, 5.41) is 0.0594. The number of anilines is 1. The summed E-state index contributed by atoms with van der Waals surface area (Å²) in [6.07, 6.45) is 0.965. The van der Waals surface area contributed by atoms with Crippen molar-refractivity contribution in [2.75, 3.05) is 25.1 Å². The van der Waals surface area contributed by atoms with Gasteiger partial charge in [0.05, 0.1) is 6.61 Å². The number of aromatic nitrogens is 2. The quantitative estimate of drug-likeness (QED) is 0.735. The average Bonchev–Trinajstić information content (AvgIpc) is 2.24. The Balaban J connectivity index is 2.80. The maximum Gasteiger partial charge on any atom is 0.228 e. The van der Waals surface area contributed by atoms with Gasteiger partial charge in [0.25, 0.3) is 0 Å². The van der Waals surface area contributed by atoms with Gasteiger partial charge in [-0.25, -0.2) is 4.98 Å². The van der Waals surface area contributed by atoms with Gasteiger partial charge in [-0.15, -0.1) is 11.6 Å². The Morgan fingerprint density at radius 2 is 2.18 bits per heavy atom. The first kappa shape index (κ1) is 14.0. The van der Waals surface area contributed by atoms with E-state index in [4.69, 9.17) is 16.3 Å². The summed E-state index contributed by atoms with van der Waals surface area (Å²) in [7, 11) is 1.93. The number of nitrogens with zero attached hydrogens (tertiary/aromatic N) is 3. The van der Waals surface area contributed by atoms with Gasteiger partial charge in [0.15, 0.2) is 0 Å². The van der Waals surface area contributed by atoms with Crippen molar-refractivity contribution in [3.05, 3.63) is 11.8 Å². The van der Waals surface area contributed by atoms with E-state index in [9.17, 15) is 0 Å². The molecule has 0 aliphatic heterocycles. The Morgan fingerprint density at radius 1 is 1.47 bits per heavy atom. The molecule has 1 rings (SSSR count). The topological polar surface area (TPSA) is 38.2 Å². The van der Waals surface area contributed by atoms with Crippen LogP contribution in [0.25, 0.3) is 0 Å². The molecule has 0 radical (unpaired) electrons. The van der Waals surface area contributed by atoms with Crippen LogP contribution in [0.2, 0.25) is 0 Å². The van der Waals surface area contributed by atoms with Gasteiger partial charge in [-0.3, -0.25) is 0 Å². The van der Waals surface area contributed by atoms with E-state index < -0.39 is 0 Å². The third kappa shape index (κ3) is 4.77. The molecule has 1 atom stereocenters. The molecule has 0 saturated carbocycles. The van der Waals surface area contributed by atoms with Gasteiger partial charge in [0.2, 0.25) is 11.8 Å². The van der Waals surface area contributed by atoms with Gasteiger partial charge in [-0.05, 0) is 20.3 Å². The molecule has 5 heteroatoms. The van der Waals surface area contributed by atoms with Gasteiger partial charge in [0, 0.05) is 30.7 Å². The maximum atomic E-state index is 5.96. The highest BCUT2D eigenvalue weighted by molar-refractivity contribution is 6.20. The number of rotatable bonds is 6. The summed E-state index contributed by atoms with van der Waals surface area (Å²) in [5.74, 6) is 1.28. The zero-order valence-corrected chi connectivity index (χ0v) is 11.7. The largest absolute Gasteiger partial charge is 0.478 e. The number of aryl methyl sites for hydroxylation is 1. The molecule has 1 aromatic heterocycles. The van der Waals surface area contributed by atoms with Crippen molar-refractivity contribution >= 4 is 17.5 Å². The number of hydrogen-bond donors (Lipinski definition) is 0. The smallest absolute Gasteiger partial charge is 0.228 e. The first-order valence-corrected chi connectivity index (χ1v) is 6.30. The Hall–Kier alpha value is -1.03. The van der Waals surface area contributed by atoms with Gasteiger partial charge in [-0.1, -0.05) is 6.92 Å². The highest BCUT2D eigenvalue weighted by atomic mass is 35.5. The van der Waals surface area contributed by atoms with Crippen molar-refractivity contribution in [2.45, 2.75) is 32.6 Å². The van der Waals surface area contributed by atoms with E-state index in [2.05, 4.69) is 16.9 Å². The van der Waals surface area contributed by atoms with E-state index in [0.717, 1.165) is 12.1 Å². The molecule has 0 spiro atoms. The molecule has 1 unspecified atom stereocenters. The van der Waals surface area contributed by atoms with Crippen molar-refractivity contribution in [2.24, 2.45) is 0 Å². The lowest BCUT2D eigenvalue weighted by molar-refractivity contribution is 0.304. The minimum Gasteiger partial charge on any atom is -0.478 e. The minimum absolute atomic E-state index is 0.0594. The molecule has 0 saturated heterocycles. The fourth-order valence-electron chi connectivity index (χ4n) is 1.43. The minimum atomic E-state index is 0.0594. The van der Waals surface area contributed by atoms with Crippen LogP contribution in [0, 0.1) is 6.92 Å². The van der Waals surface area contributed by atoms with Crippen LogP contribution in [-0.4, -0.2) is 35.5 Å². The summed E-state index contributed by atoms with van der Waals surface area (Å²) >= 11 is 5.96. The number of alkyl halides is 1. The lowest BCUT2D eigenvalue weighted by atomic mass is 10.4. The van der Waals surface area contributed by atoms with Crippen LogP contribution in [0.5, 0.6) is 5.88 Å². The molecule has 96 valence electrons. The van der Waals surface area contributed by atoms with E-state index in [1.807, 2.05) is 31.9 Å². The van der Waals surface area contributed by atoms with Crippen molar-refractivity contribution in [3.63, 3.8) is 0 Å². The van der Waals surface area contributed by atoms with E-state index >= 15 is 0 Å². The van der Waals surface area contributed by atoms with Gasteiger partial charge >= 0.3 is 0 Å². The van der Waals surface area contributed by atoms with Crippen molar-refractivity contribution in [1.82, 2.24) is 9.97 Å². The predicted octanol–water partition coefficient (Wildman–Crippen LogP) is 2.64. The maximum absolute atomic E-state index is 5.96. The molecule has 0 amide bonds. The number of hydrogen-bond acceptors (Lipinski definition) is 4. The Kier molecular flexibility index (Phi) is 5.48. The van der Waals surface area contributed by atoms with Gasteiger partial charge in [0.1, 0.15) is 0 Å². The van der Waals surface area contributed by atoms with E-state index in [1.165, 1.54) is 0 Å². The second-order valence-electron chi connectivity index (χ2n) is 4.16. The molecule has 0 N–H and O–H groups in total. The standard InChI is InChI=1S/C12H20ClN3O/c1-5-6-17-11-7-10(3)14-12(15-11)16(4)8-9(2)13/h7,9H,5-6,8H2,1-4H3. The third-order valence-corrected chi connectivity index (χ3v) is 2.28. The summed E-state index contributed by atoms with van der Waals surface area (Å²) in [4.78, 5) is 10.7. The first-order chi connectivity index (χ1) is 8.02. The van der Waals surface area contributed by atoms with E-state index in [-0.39, 0.29) is 5.38 Å². The first-order valence-electron chi connectivity index (χ1n) is 5.86. The van der Waals surface area contributed by atoms with Crippen molar-refractivity contribution in [1.29, 1.82) is 0 Å². The van der Waals surface area contributed by atoms with Crippen LogP contribution in [0.4, 0.5) is 5.95 Å². The molecule has 1 aromatic rings. The number of halogens is 1. The Morgan fingerprint density at radius 3 is 2.76 bits per heavy atom. The molecule has 17 heavy (non-hydrogen) atoms. The van der Waals surface area contributed by atoms with Crippen LogP contribution >= 0.6 is 11.6 Å². The summed E-state index contributed by atoms with van der Waals surface area (Å²) in [5.41, 5.74) is 0.898. The molecule has 0 fully saturated rings. The monoisotopic (exact) mass is 257 g/mol. The van der Waals surface area contributed by atoms with Crippen LogP contribution in [0.15, 0.2) is 6.07 Å².